The molecule has 0 amide bonds. The van der Waals surface area contributed by atoms with Crippen molar-refractivity contribution >= 4 is 57.2 Å². The Morgan fingerprint density at radius 1 is 0.623 bits per heavy atom. The molecule has 0 unspecified atom stereocenters. The molecular formula is C43H54Cl2N6O10. The lowest BCUT2D eigenvalue weighted by Crippen LogP contribution is -2.14. The molecule has 330 valence electrons. The Morgan fingerprint density at radius 2 is 1.02 bits per heavy atom. The van der Waals surface area contributed by atoms with Crippen LogP contribution in [0.4, 0.5) is 0 Å². The average molecular weight is 886 g/mol. The van der Waals surface area contributed by atoms with Crippen molar-refractivity contribution in [2.75, 3.05) is 40.0 Å². The Morgan fingerprint density at radius 3 is 1.41 bits per heavy atom. The number of fused-ring (bicyclic) bond motifs is 2. The lowest BCUT2D eigenvalue weighted by Gasteiger charge is -2.11. The van der Waals surface area contributed by atoms with Crippen LogP contribution in [0.1, 0.15) is 69.2 Å². The molecule has 18 heteroatoms. The number of hydrogen-bond donors (Lipinski definition) is 4. The zero-order chi connectivity index (χ0) is 44.9. The summed E-state index contributed by atoms with van der Waals surface area (Å²) in [5.74, 6) is -1.07. The standard InChI is InChI=1S/C33H28Cl2N6O6.C5H12O3.C3H8.C2H6O/c1-18-11-20(13-28(32(18)44)40-36-24-7-5-22(34)15-26(24)38-40)3-9-30(42)46-17-47-31(43)10-4-21-12-19(2)33(45)29(14-21)41-37-25-8-6-23(35)16-27(25)39-41;1-2-7-3-4-8-5-6;1-3-2;1-2-3/h5-8,11-16,44-45H,3-4,9-10,17H2,1-2H3;6H,2-5H2,1H3;3H2,1-2H3;3H,2H2,1H3. The molecule has 0 aliphatic rings. The predicted molar refractivity (Wildman–Crippen MR) is 233 cm³/mol. The highest BCUT2D eigenvalue weighted by atomic mass is 35.5. The number of aromatic hydroxyl groups is 2. The first kappa shape index (κ1) is 50.0. The van der Waals surface area contributed by atoms with Crippen molar-refractivity contribution in [2.24, 2.45) is 0 Å². The molecule has 4 N–H and O–H groups in total. The van der Waals surface area contributed by atoms with Crippen molar-refractivity contribution in [3.63, 3.8) is 0 Å². The molecule has 0 aliphatic heterocycles. The van der Waals surface area contributed by atoms with Gasteiger partial charge in [0.25, 0.3) is 0 Å². The van der Waals surface area contributed by atoms with E-state index >= 15 is 0 Å². The summed E-state index contributed by atoms with van der Waals surface area (Å²) < 4.78 is 19.7. The van der Waals surface area contributed by atoms with Gasteiger partial charge in [0, 0.05) is 36.1 Å². The highest BCUT2D eigenvalue weighted by Gasteiger charge is 2.16. The minimum absolute atomic E-state index is 0.0174. The number of hydrogen-bond acceptors (Lipinski definition) is 14. The SMILES string of the molecule is CCC.CCO.CCOCCOCO.Cc1cc(CCC(=O)OCOC(=O)CCc2cc(C)c(O)c(-n3nc4ccc(Cl)cc4n3)c2)cc(-n2nc3ccc(Cl)cc3n2)c1O. The number of esters is 2. The van der Waals surface area contributed by atoms with E-state index in [2.05, 4.69) is 39.0 Å². The fraction of sp³-hybridized carbons (Fsp3) is 0.395. The predicted octanol–water partition coefficient (Wildman–Crippen LogP) is 7.50. The van der Waals surface area contributed by atoms with Crippen LogP contribution in [0, 0.1) is 13.8 Å². The number of halogens is 2. The summed E-state index contributed by atoms with van der Waals surface area (Å²) in [6.45, 7) is 12.6. The number of aliphatic hydroxyl groups excluding tert-OH is 2. The van der Waals surface area contributed by atoms with Crippen molar-refractivity contribution in [3.8, 4) is 22.9 Å². The molecule has 0 atom stereocenters. The third-order valence-corrected chi connectivity index (χ3v) is 8.61. The van der Waals surface area contributed by atoms with Crippen LogP contribution in [0.2, 0.25) is 10.0 Å². The van der Waals surface area contributed by atoms with Crippen LogP contribution in [0.15, 0.2) is 60.7 Å². The summed E-state index contributed by atoms with van der Waals surface area (Å²) in [7, 11) is 0. The maximum absolute atomic E-state index is 12.4. The van der Waals surface area contributed by atoms with Crippen LogP contribution in [0.25, 0.3) is 33.4 Å². The number of ether oxygens (including phenoxy) is 4. The van der Waals surface area contributed by atoms with Crippen molar-refractivity contribution < 1.29 is 49.0 Å². The number of carbonyl (C=O) groups excluding carboxylic acids is 2. The molecule has 2 heterocycles. The molecule has 0 aliphatic carbocycles. The quantitative estimate of drug-likeness (QED) is 0.0447. The maximum atomic E-state index is 12.4. The Bertz CT molecular complexity index is 2160. The molecule has 4 aromatic carbocycles. The number of rotatable bonds is 15. The summed E-state index contributed by atoms with van der Waals surface area (Å²) in [6, 6.07) is 17.2. The molecular weight excluding hydrogens is 831 g/mol. The number of aromatic nitrogens is 6. The normalized spacial score (nSPS) is 10.6. The third-order valence-electron chi connectivity index (χ3n) is 8.14. The van der Waals surface area contributed by atoms with Gasteiger partial charge in [-0.15, -0.1) is 30.0 Å². The average Bonchev–Trinajstić information content (AvgIpc) is 3.85. The molecule has 6 aromatic rings. The van der Waals surface area contributed by atoms with Crippen LogP contribution in [0.5, 0.6) is 11.5 Å². The van der Waals surface area contributed by atoms with Crippen LogP contribution in [0.3, 0.4) is 0 Å². The number of carbonyl (C=O) groups is 2. The van der Waals surface area contributed by atoms with Crippen LogP contribution >= 0.6 is 23.2 Å². The van der Waals surface area contributed by atoms with Crippen molar-refractivity contribution in [1.82, 2.24) is 30.0 Å². The third kappa shape index (κ3) is 15.9. The van der Waals surface area contributed by atoms with Crippen molar-refractivity contribution in [3.05, 3.63) is 93.0 Å². The fourth-order valence-corrected chi connectivity index (χ4v) is 5.71. The Balaban J connectivity index is 0.000000617. The lowest BCUT2D eigenvalue weighted by molar-refractivity contribution is -0.167. The highest BCUT2D eigenvalue weighted by Crippen LogP contribution is 2.30. The topological polar surface area (TPSA) is 213 Å². The second-order valence-electron chi connectivity index (χ2n) is 13.2. The van der Waals surface area contributed by atoms with Crippen molar-refractivity contribution in [1.29, 1.82) is 0 Å². The number of aliphatic hydroxyl groups is 2. The Labute approximate surface area is 364 Å². The fourth-order valence-electron chi connectivity index (χ4n) is 5.38. The molecule has 0 saturated carbocycles. The minimum atomic E-state index is -0.554. The molecule has 0 spiro atoms. The summed E-state index contributed by atoms with van der Waals surface area (Å²) in [4.78, 5) is 27.5. The molecule has 2 aromatic heterocycles. The Hall–Kier alpha value is -5.36. The second kappa shape index (κ2) is 26.1. The highest BCUT2D eigenvalue weighted by molar-refractivity contribution is 6.31. The minimum Gasteiger partial charge on any atom is -0.505 e. The molecule has 61 heavy (non-hydrogen) atoms. The van der Waals surface area contributed by atoms with E-state index < -0.39 is 18.7 Å². The van der Waals surface area contributed by atoms with Crippen LogP contribution < -0.4 is 0 Å². The Kier molecular flexibility index (Phi) is 21.4. The van der Waals surface area contributed by atoms with E-state index in [9.17, 15) is 19.8 Å². The van der Waals surface area contributed by atoms with Crippen LogP contribution in [-0.4, -0.2) is 102 Å². The summed E-state index contributed by atoms with van der Waals surface area (Å²) in [5, 5.41) is 55.7. The van der Waals surface area contributed by atoms with E-state index in [1.807, 2.05) is 6.92 Å². The number of phenols is 2. The molecule has 0 saturated heterocycles. The van der Waals surface area contributed by atoms with E-state index in [1.54, 1.807) is 81.4 Å². The van der Waals surface area contributed by atoms with E-state index in [1.165, 1.54) is 16.0 Å². The van der Waals surface area contributed by atoms with E-state index in [0.717, 1.165) is 11.1 Å². The lowest BCUT2D eigenvalue weighted by atomic mass is 10.0. The van der Waals surface area contributed by atoms with Gasteiger partial charge in [-0.05, 0) is 111 Å². The van der Waals surface area contributed by atoms with E-state index in [0.29, 0.717) is 87.3 Å². The number of nitrogens with zero attached hydrogens (tertiary/aromatic N) is 6. The number of aryl methyl sites for hydroxylation is 4. The monoisotopic (exact) mass is 884 g/mol. The second-order valence-corrected chi connectivity index (χ2v) is 14.1. The van der Waals surface area contributed by atoms with Gasteiger partial charge in [0.1, 0.15) is 51.7 Å². The van der Waals surface area contributed by atoms with Crippen LogP contribution in [-0.2, 0) is 41.4 Å². The summed E-state index contributed by atoms with van der Waals surface area (Å²) in [6.07, 6.45) is 1.90. The molecule has 0 fully saturated rings. The van der Waals surface area contributed by atoms with E-state index in [-0.39, 0.29) is 37.7 Å². The first-order valence-corrected chi connectivity index (χ1v) is 20.4. The first-order chi connectivity index (χ1) is 29.3. The van der Waals surface area contributed by atoms with Gasteiger partial charge >= 0.3 is 11.9 Å². The van der Waals surface area contributed by atoms with Gasteiger partial charge < -0.3 is 39.4 Å². The maximum Gasteiger partial charge on any atom is 0.308 e. The van der Waals surface area contributed by atoms with Gasteiger partial charge in [-0.25, -0.2) is 0 Å². The number of benzene rings is 4. The van der Waals surface area contributed by atoms with Gasteiger partial charge in [-0.1, -0.05) is 55.6 Å². The zero-order valence-electron chi connectivity index (χ0n) is 35.2. The molecule has 6 rings (SSSR count). The largest absolute Gasteiger partial charge is 0.505 e. The van der Waals surface area contributed by atoms with Gasteiger partial charge in [0.05, 0.1) is 13.2 Å². The first-order valence-electron chi connectivity index (χ1n) is 19.7. The summed E-state index contributed by atoms with van der Waals surface area (Å²) >= 11 is 12.1. The van der Waals surface area contributed by atoms with Gasteiger partial charge in [0.2, 0.25) is 6.79 Å². The van der Waals surface area contributed by atoms with Gasteiger partial charge in [0.15, 0.2) is 0 Å². The molecule has 0 bridgehead atoms. The number of phenolic OH excluding ortho intramolecular Hbond substituents is 2. The smallest absolute Gasteiger partial charge is 0.308 e. The van der Waals surface area contributed by atoms with Crippen molar-refractivity contribution in [2.45, 2.75) is 73.6 Å². The summed E-state index contributed by atoms with van der Waals surface area (Å²) in [5.41, 5.74) is 5.82. The molecule has 16 nitrogen and oxygen atoms in total. The van der Waals surface area contributed by atoms with Gasteiger partial charge in [-0.2, -0.15) is 0 Å². The van der Waals surface area contributed by atoms with Gasteiger partial charge in [-0.3, -0.25) is 9.59 Å². The van der Waals surface area contributed by atoms with E-state index in [4.69, 9.17) is 47.6 Å². The molecule has 0 radical (unpaired) electrons. The zero-order valence-corrected chi connectivity index (χ0v) is 36.7.